The minimum atomic E-state index is 0.0654. The average Bonchev–Trinajstić information content (AvgIpc) is 3.05. The van der Waals surface area contributed by atoms with E-state index < -0.39 is 0 Å². The molecule has 30 heavy (non-hydrogen) atoms. The fraction of sp³-hybridized carbons (Fsp3) is 0.346. The fourth-order valence-electron chi connectivity index (χ4n) is 4.38. The highest BCUT2D eigenvalue weighted by Gasteiger charge is 2.27. The van der Waals surface area contributed by atoms with E-state index in [9.17, 15) is 4.79 Å². The van der Waals surface area contributed by atoms with Gasteiger partial charge in [-0.2, -0.15) is 0 Å². The van der Waals surface area contributed by atoms with E-state index >= 15 is 0 Å². The Labute approximate surface area is 178 Å². The van der Waals surface area contributed by atoms with Crippen LogP contribution in [0.2, 0.25) is 0 Å². The normalized spacial score (nSPS) is 16.9. The number of ether oxygens (including phenoxy) is 2. The molecule has 1 saturated heterocycles. The van der Waals surface area contributed by atoms with E-state index in [2.05, 4.69) is 12.1 Å². The molecule has 4 heteroatoms. The van der Waals surface area contributed by atoms with Gasteiger partial charge in [-0.25, -0.2) is 0 Å². The lowest BCUT2D eigenvalue weighted by Gasteiger charge is -2.26. The maximum absolute atomic E-state index is 13.8. The van der Waals surface area contributed by atoms with Gasteiger partial charge in [0.05, 0.1) is 19.3 Å². The largest absolute Gasteiger partial charge is 0.497 e. The van der Waals surface area contributed by atoms with Crippen LogP contribution in [-0.2, 0) is 0 Å². The highest BCUT2D eigenvalue weighted by atomic mass is 16.5. The molecule has 0 N–H and O–H groups in total. The number of carbonyl (C=O) groups is 1. The quantitative estimate of drug-likeness (QED) is 0.552. The van der Waals surface area contributed by atoms with Crippen LogP contribution in [0.5, 0.6) is 11.5 Å². The van der Waals surface area contributed by atoms with Crippen molar-refractivity contribution in [1.82, 2.24) is 4.90 Å². The molecule has 156 valence electrons. The van der Waals surface area contributed by atoms with E-state index in [1.165, 1.54) is 5.56 Å². The maximum Gasteiger partial charge on any atom is 0.258 e. The summed E-state index contributed by atoms with van der Waals surface area (Å²) in [6.07, 6.45) is 3.23. The summed E-state index contributed by atoms with van der Waals surface area (Å²) in [6.45, 7) is 3.99. The summed E-state index contributed by atoms with van der Waals surface area (Å²) in [4.78, 5) is 15.8. The molecule has 1 amide bonds. The van der Waals surface area contributed by atoms with E-state index in [1.807, 2.05) is 60.4 Å². The topological polar surface area (TPSA) is 38.8 Å². The van der Waals surface area contributed by atoms with Gasteiger partial charge in [0.15, 0.2) is 0 Å². The molecule has 4 rings (SSSR count). The van der Waals surface area contributed by atoms with Crippen molar-refractivity contribution >= 4 is 16.7 Å². The van der Waals surface area contributed by atoms with Crippen molar-refractivity contribution in [2.45, 2.75) is 32.1 Å². The molecule has 1 heterocycles. The molecule has 1 fully saturated rings. The summed E-state index contributed by atoms with van der Waals surface area (Å²) in [5, 5.41) is 2.02. The van der Waals surface area contributed by atoms with Gasteiger partial charge in [0.25, 0.3) is 5.91 Å². The van der Waals surface area contributed by atoms with Crippen LogP contribution < -0.4 is 9.47 Å². The number of hydrogen-bond acceptors (Lipinski definition) is 3. The Bertz CT molecular complexity index is 1010. The van der Waals surface area contributed by atoms with Gasteiger partial charge in [-0.05, 0) is 54.3 Å². The minimum absolute atomic E-state index is 0.0654. The van der Waals surface area contributed by atoms with Gasteiger partial charge < -0.3 is 14.4 Å². The number of nitrogens with zero attached hydrogens (tertiary/aromatic N) is 1. The van der Waals surface area contributed by atoms with Gasteiger partial charge in [-0.15, -0.1) is 0 Å². The number of hydrogen-bond donors (Lipinski definition) is 0. The van der Waals surface area contributed by atoms with Crippen LogP contribution in [0.3, 0.4) is 0 Å². The number of carbonyl (C=O) groups excluding carboxylic acids is 1. The van der Waals surface area contributed by atoms with Crippen LogP contribution in [-0.4, -0.2) is 37.6 Å². The van der Waals surface area contributed by atoms with Crippen LogP contribution >= 0.6 is 0 Å². The molecule has 3 aromatic rings. The van der Waals surface area contributed by atoms with Gasteiger partial charge in [-0.3, -0.25) is 4.79 Å². The van der Waals surface area contributed by atoms with Gasteiger partial charge in [0.1, 0.15) is 11.5 Å². The second kappa shape index (κ2) is 9.21. The van der Waals surface area contributed by atoms with Gasteiger partial charge in [0, 0.05) is 19.0 Å². The Morgan fingerprint density at radius 1 is 1.03 bits per heavy atom. The first-order valence-electron chi connectivity index (χ1n) is 10.8. The molecule has 0 aliphatic carbocycles. The molecule has 3 aromatic carbocycles. The lowest BCUT2D eigenvalue weighted by molar-refractivity contribution is 0.0752. The number of fused-ring (bicyclic) bond motifs is 1. The first-order chi connectivity index (χ1) is 14.7. The van der Waals surface area contributed by atoms with Crippen LogP contribution in [0.4, 0.5) is 0 Å². The Morgan fingerprint density at radius 3 is 2.60 bits per heavy atom. The van der Waals surface area contributed by atoms with Crippen molar-refractivity contribution < 1.29 is 14.3 Å². The molecule has 0 aromatic heterocycles. The molecule has 1 atom stereocenters. The summed E-state index contributed by atoms with van der Waals surface area (Å²) < 4.78 is 11.2. The van der Waals surface area contributed by atoms with Crippen LogP contribution in [0.15, 0.2) is 60.7 Å². The van der Waals surface area contributed by atoms with Crippen molar-refractivity contribution in [3.05, 3.63) is 71.8 Å². The molecule has 4 nitrogen and oxygen atoms in total. The lowest BCUT2D eigenvalue weighted by atomic mass is 9.94. The first-order valence-corrected chi connectivity index (χ1v) is 10.8. The monoisotopic (exact) mass is 403 g/mol. The predicted octanol–water partition coefficient (Wildman–Crippen LogP) is 5.66. The van der Waals surface area contributed by atoms with Crippen LogP contribution in [0.1, 0.15) is 48.0 Å². The number of amides is 1. The number of rotatable bonds is 5. The molecule has 0 spiro atoms. The predicted molar refractivity (Wildman–Crippen MR) is 121 cm³/mol. The maximum atomic E-state index is 13.8. The van der Waals surface area contributed by atoms with E-state index in [-0.39, 0.29) is 5.91 Å². The summed E-state index contributed by atoms with van der Waals surface area (Å²) in [7, 11) is 1.68. The van der Waals surface area contributed by atoms with Crippen molar-refractivity contribution in [2.75, 3.05) is 26.8 Å². The third-order valence-corrected chi connectivity index (χ3v) is 5.95. The average molecular weight is 404 g/mol. The number of likely N-dealkylation sites (tertiary alicyclic amines) is 1. The van der Waals surface area contributed by atoms with Crippen molar-refractivity contribution in [3.63, 3.8) is 0 Å². The molecular weight excluding hydrogens is 374 g/mol. The van der Waals surface area contributed by atoms with E-state index in [0.717, 1.165) is 48.9 Å². The molecular formula is C26H29NO3. The second-order valence-corrected chi connectivity index (χ2v) is 7.81. The Balaban J connectivity index is 1.67. The fourth-order valence-corrected chi connectivity index (χ4v) is 4.38. The summed E-state index contributed by atoms with van der Waals surface area (Å²) in [5.74, 6) is 1.92. The van der Waals surface area contributed by atoms with Crippen LogP contribution in [0.25, 0.3) is 10.8 Å². The third kappa shape index (κ3) is 4.13. The molecule has 1 aliphatic heterocycles. The van der Waals surface area contributed by atoms with Crippen LogP contribution in [0, 0.1) is 0 Å². The van der Waals surface area contributed by atoms with E-state index in [0.29, 0.717) is 23.8 Å². The van der Waals surface area contributed by atoms with Crippen molar-refractivity contribution in [3.8, 4) is 11.5 Å². The van der Waals surface area contributed by atoms with E-state index in [1.54, 1.807) is 7.11 Å². The Hall–Kier alpha value is -3.01. The molecule has 1 unspecified atom stereocenters. The lowest BCUT2D eigenvalue weighted by Crippen LogP contribution is -2.34. The summed E-state index contributed by atoms with van der Waals surface area (Å²) in [6, 6.07) is 20.3. The Morgan fingerprint density at radius 2 is 1.83 bits per heavy atom. The summed E-state index contributed by atoms with van der Waals surface area (Å²) in [5.41, 5.74) is 1.95. The molecule has 0 saturated carbocycles. The number of benzene rings is 3. The standard InChI is InChI=1S/C26H29NO3/c1-3-30-24-16-13-20-8-4-5-10-23(20)25(24)26(28)27-17-7-6-9-21(18-27)19-11-14-22(29-2)15-12-19/h4-5,8,10-16,21H,3,6-7,9,17-18H2,1-2H3. The molecule has 0 radical (unpaired) electrons. The highest BCUT2D eigenvalue weighted by molar-refractivity contribution is 6.09. The SMILES string of the molecule is CCOc1ccc2ccccc2c1C(=O)N1CCCCC(c2ccc(OC)cc2)C1. The zero-order valence-corrected chi connectivity index (χ0v) is 17.8. The summed E-state index contributed by atoms with van der Waals surface area (Å²) >= 11 is 0. The van der Waals surface area contributed by atoms with Gasteiger partial charge in [0.2, 0.25) is 0 Å². The zero-order valence-electron chi connectivity index (χ0n) is 17.8. The van der Waals surface area contributed by atoms with Gasteiger partial charge in [-0.1, -0.05) is 48.9 Å². The smallest absolute Gasteiger partial charge is 0.258 e. The second-order valence-electron chi connectivity index (χ2n) is 7.81. The highest BCUT2D eigenvalue weighted by Crippen LogP contribution is 2.33. The minimum Gasteiger partial charge on any atom is -0.497 e. The first kappa shape index (κ1) is 20.3. The number of methoxy groups -OCH3 is 1. The van der Waals surface area contributed by atoms with Crippen molar-refractivity contribution in [2.24, 2.45) is 0 Å². The van der Waals surface area contributed by atoms with Crippen molar-refractivity contribution in [1.29, 1.82) is 0 Å². The third-order valence-electron chi connectivity index (χ3n) is 5.95. The zero-order chi connectivity index (χ0) is 20.9. The van der Waals surface area contributed by atoms with Gasteiger partial charge >= 0.3 is 0 Å². The molecule has 1 aliphatic rings. The Kier molecular flexibility index (Phi) is 6.22. The molecule has 0 bridgehead atoms. The van der Waals surface area contributed by atoms with E-state index in [4.69, 9.17) is 9.47 Å².